The van der Waals surface area contributed by atoms with Crippen LogP contribution in [0.5, 0.6) is 0 Å². The summed E-state index contributed by atoms with van der Waals surface area (Å²) in [6.07, 6.45) is 3.76. The largest absolute Gasteiger partial charge is 0.480 e. The molecule has 0 radical (unpaired) electrons. The van der Waals surface area contributed by atoms with E-state index in [9.17, 15) is 4.79 Å². The van der Waals surface area contributed by atoms with Crippen molar-refractivity contribution in [2.24, 2.45) is 0 Å². The molecule has 17 heavy (non-hydrogen) atoms. The van der Waals surface area contributed by atoms with Crippen molar-refractivity contribution in [2.45, 2.75) is 38.6 Å². The van der Waals surface area contributed by atoms with E-state index in [-0.39, 0.29) is 0 Å². The lowest BCUT2D eigenvalue weighted by Gasteiger charge is -2.16. The lowest BCUT2D eigenvalue weighted by atomic mass is 10.1. The summed E-state index contributed by atoms with van der Waals surface area (Å²) in [4.78, 5) is 11.1. The molecule has 94 valence electrons. The van der Waals surface area contributed by atoms with Crippen LogP contribution in [0.25, 0.3) is 0 Å². The Labute approximate surface area is 110 Å². The Morgan fingerprint density at radius 2 is 2.12 bits per heavy atom. The van der Waals surface area contributed by atoms with E-state index in [1.54, 1.807) is 0 Å². The summed E-state index contributed by atoms with van der Waals surface area (Å²) in [7, 11) is 0. The molecule has 0 aromatic heterocycles. The van der Waals surface area contributed by atoms with E-state index in [2.05, 4.69) is 28.2 Å². The molecule has 0 spiro atoms. The van der Waals surface area contributed by atoms with Crippen LogP contribution in [0.15, 0.2) is 28.7 Å². The second kappa shape index (κ2) is 7.33. The van der Waals surface area contributed by atoms with Crippen LogP contribution < -0.4 is 5.32 Å². The van der Waals surface area contributed by atoms with Crippen LogP contribution in [0, 0.1) is 0 Å². The van der Waals surface area contributed by atoms with Gasteiger partial charge in [-0.1, -0.05) is 38.3 Å². The highest BCUT2D eigenvalue weighted by Crippen LogP contribution is 2.23. The summed E-state index contributed by atoms with van der Waals surface area (Å²) in [6.45, 7) is 2.11. The van der Waals surface area contributed by atoms with Gasteiger partial charge in [0.1, 0.15) is 6.04 Å². The smallest absolute Gasteiger partial charge is 0.326 e. The molecule has 2 N–H and O–H groups in total. The number of rotatable bonds is 7. The molecule has 0 bridgehead atoms. The minimum atomic E-state index is -0.795. The number of nitrogens with one attached hydrogen (secondary N) is 1. The summed E-state index contributed by atoms with van der Waals surface area (Å²) < 4.78 is 0.891. The summed E-state index contributed by atoms with van der Waals surface area (Å²) in [5.74, 6) is -0.795. The maximum atomic E-state index is 11.1. The molecule has 1 rings (SSSR count). The SMILES string of the molecule is CCCCCC(Nc1ccccc1Br)C(=O)O. The highest BCUT2D eigenvalue weighted by atomic mass is 79.9. The lowest BCUT2D eigenvalue weighted by Crippen LogP contribution is -2.29. The first-order chi connectivity index (χ1) is 8.15. The number of carboxylic acids is 1. The fourth-order valence-electron chi connectivity index (χ4n) is 1.62. The van der Waals surface area contributed by atoms with E-state index >= 15 is 0 Å². The van der Waals surface area contributed by atoms with Gasteiger partial charge >= 0.3 is 5.97 Å². The molecule has 0 fully saturated rings. The van der Waals surface area contributed by atoms with E-state index in [0.717, 1.165) is 29.4 Å². The quantitative estimate of drug-likeness (QED) is 0.751. The molecule has 4 heteroatoms. The van der Waals surface area contributed by atoms with Gasteiger partial charge in [-0.25, -0.2) is 4.79 Å². The zero-order valence-corrected chi connectivity index (χ0v) is 11.5. The normalized spacial score (nSPS) is 12.1. The number of benzene rings is 1. The second-order valence-electron chi connectivity index (χ2n) is 4.01. The van der Waals surface area contributed by atoms with Gasteiger partial charge in [-0.15, -0.1) is 0 Å². The van der Waals surface area contributed by atoms with Gasteiger partial charge < -0.3 is 10.4 Å². The van der Waals surface area contributed by atoms with E-state index in [1.165, 1.54) is 0 Å². The van der Waals surface area contributed by atoms with Crippen molar-refractivity contribution in [2.75, 3.05) is 5.32 Å². The third-order valence-corrected chi connectivity index (χ3v) is 3.29. The molecule has 0 saturated heterocycles. The third kappa shape index (κ3) is 4.77. The predicted octanol–water partition coefficient (Wildman–Crippen LogP) is 3.89. The number of anilines is 1. The molecular weight excluding hydrogens is 282 g/mol. The number of carbonyl (C=O) groups is 1. The van der Waals surface area contributed by atoms with Crippen molar-refractivity contribution < 1.29 is 9.90 Å². The number of halogens is 1. The fourth-order valence-corrected chi connectivity index (χ4v) is 2.02. The Morgan fingerprint density at radius 3 is 2.71 bits per heavy atom. The Balaban J connectivity index is 2.61. The maximum Gasteiger partial charge on any atom is 0.326 e. The van der Waals surface area contributed by atoms with Crippen molar-refractivity contribution in [1.29, 1.82) is 0 Å². The molecule has 1 aromatic carbocycles. The zero-order chi connectivity index (χ0) is 12.7. The van der Waals surface area contributed by atoms with Gasteiger partial charge in [0.05, 0.1) is 0 Å². The first-order valence-corrected chi connectivity index (χ1v) is 6.68. The Hall–Kier alpha value is -1.03. The number of unbranched alkanes of at least 4 members (excludes halogenated alkanes) is 2. The number of hydrogen-bond donors (Lipinski definition) is 2. The molecule has 0 aliphatic rings. The highest BCUT2D eigenvalue weighted by molar-refractivity contribution is 9.10. The van der Waals surface area contributed by atoms with Crippen LogP contribution in [0.2, 0.25) is 0 Å². The molecule has 1 unspecified atom stereocenters. The van der Waals surface area contributed by atoms with Gasteiger partial charge in [-0.3, -0.25) is 0 Å². The molecule has 3 nitrogen and oxygen atoms in total. The first kappa shape index (κ1) is 14.0. The first-order valence-electron chi connectivity index (χ1n) is 5.89. The number of para-hydroxylation sites is 1. The van der Waals surface area contributed by atoms with Crippen LogP contribution in [-0.2, 0) is 4.79 Å². The molecule has 0 aliphatic heterocycles. The van der Waals surface area contributed by atoms with Gasteiger partial charge in [-0.05, 0) is 34.5 Å². The highest BCUT2D eigenvalue weighted by Gasteiger charge is 2.17. The van der Waals surface area contributed by atoms with Crippen molar-refractivity contribution >= 4 is 27.6 Å². The van der Waals surface area contributed by atoms with E-state index in [4.69, 9.17) is 5.11 Å². The summed E-state index contributed by atoms with van der Waals surface area (Å²) in [6, 6.07) is 7.05. The molecule has 0 saturated carbocycles. The molecular formula is C13H18BrNO2. The number of carboxylic acid groups (broad SMARTS) is 1. The minimum absolute atomic E-state index is 0.514. The van der Waals surface area contributed by atoms with Crippen molar-refractivity contribution in [3.05, 3.63) is 28.7 Å². The topological polar surface area (TPSA) is 49.3 Å². The van der Waals surface area contributed by atoms with Crippen LogP contribution >= 0.6 is 15.9 Å². The summed E-state index contributed by atoms with van der Waals surface area (Å²) >= 11 is 3.40. The van der Waals surface area contributed by atoms with Crippen LogP contribution in [0.1, 0.15) is 32.6 Å². The Bertz CT molecular complexity index is 368. The Morgan fingerprint density at radius 1 is 1.41 bits per heavy atom. The van der Waals surface area contributed by atoms with E-state index in [0.29, 0.717) is 6.42 Å². The van der Waals surface area contributed by atoms with Crippen LogP contribution in [-0.4, -0.2) is 17.1 Å². The van der Waals surface area contributed by atoms with E-state index in [1.807, 2.05) is 24.3 Å². The van der Waals surface area contributed by atoms with Gasteiger partial charge in [0.15, 0.2) is 0 Å². The van der Waals surface area contributed by atoms with Gasteiger partial charge in [0, 0.05) is 10.2 Å². The van der Waals surface area contributed by atoms with Crippen molar-refractivity contribution in [3.63, 3.8) is 0 Å². The lowest BCUT2D eigenvalue weighted by molar-refractivity contribution is -0.138. The molecule has 1 aromatic rings. The second-order valence-corrected chi connectivity index (χ2v) is 4.87. The number of aliphatic carboxylic acids is 1. The monoisotopic (exact) mass is 299 g/mol. The van der Waals surface area contributed by atoms with Crippen molar-refractivity contribution in [1.82, 2.24) is 0 Å². The maximum absolute atomic E-state index is 11.1. The molecule has 1 atom stereocenters. The Kier molecular flexibility index (Phi) is 6.05. The average molecular weight is 300 g/mol. The van der Waals surface area contributed by atoms with Gasteiger partial charge in [0.25, 0.3) is 0 Å². The predicted molar refractivity (Wildman–Crippen MR) is 73.3 cm³/mol. The zero-order valence-electron chi connectivity index (χ0n) is 9.95. The third-order valence-electron chi connectivity index (χ3n) is 2.60. The fraction of sp³-hybridized carbons (Fsp3) is 0.462. The van der Waals surface area contributed by atoms with Crippen LogP contribution in [0.4, 0.5) is 5.69 Å². The minimum Gasteiger partial charge on any atom is -0.480 e. The summed E-state index contributed by atoms with van der Waals surface area (Å²) in [5.41, 5.74) is 0.830. The van der Waals surface area contributed by atoms with Crippen LogP contribution in [0.3, 0.4) is 0 Å². The average Bonchev–Trinajstić information content (AvgIpc) is 2.30. The number of hydrogen-bond acceptors (Lipinski definition) is 2. The van der Waals surface area contributed by atoms with Gasteiger partial charge in [0.2, 0.25) is 0 Å². The molecule has 0 amide bonds. The van der Waals surface area contributed by atoms with Crippen molar-refractivity contribution in [3.8, 4) is 0 Å². The van der Waals surface area contributed by atoms with E-state index < -0.39 is 12.0 Å². The molecule has 0 heterocycles. The molecule has 0 aliphatic carbocycles. The van der Waals surface area contributed by atoms with Gasteiger partial charge in [-0.2, -0.15) is 0 Å². The summed E-state index contributed by atoms with van der Waals surface area (Å²) in [5, 5.41) is 12.2. The standard InChI is InChI=1S/C13H18BrNO2/c1-2-3-4-9-12(13(16)17)15-11-8-6-5-7-10(11)14/h5-8,12,15H,2-4,9H2,1H3,(H,16,17).